The van der Waals surface area contributed by atoms with Crippen LogP contribution in [0.4, 0.5) is 10.5 Å². The van der Waals surface area contributed by atoms with Crippen molar-refractivity contribution in [1.82, 2.24) is 15.2 Å². The van der Waals surface area contributed by atoms with Gasteiger partial charge in [-0.05, 0) is 73.4 Å². The zero-order valence-corrected chi connectivity index (χ0v) is 19.4. The van der Waals surface area contributed by atoms with Crippen LogP contribution in [0.15, 0.2) is 73.1 Å². The van der Waals surface area contributed by atoms with Crippen molar-refractivity contribution in [3.63, 3.8) is 0 Å². The van der Waals surface area contributed by atoms with Crippen molar-refractivity contribution in [3.05, 3.63) is 89.7 Å². The Morgan fingerprint density at radius 1 is 1.12 bits per heavy atom. The molecule has 1 aliphatic heterocycles. The molecule has 0 saturated carbocycles. The van der Waals surface area contributed by atoms with Gasteiger partial charge in [0.1, 0.15) is 5.75 Å². The second-order valence-electron chi connectivity index (χ2n) is 8.34. The third kappa shape index (κ3) is 6.13. The van der Waals surface area contributed by atoms with Gasteiger partial charge in [0.2, 0.25) is 0 Å². The fourth-order valence-electron chi connectivity index (χ4n) is 4.16. The SMILES string of the molecule is CCOc1ccc(NC(=O)N2CCCC(c3cccc(C(=O)NCc4cccnc4)c3)C2)cc1. The summed E-state index contributed by atoms with van der Waals surface area (Å²) in [6.45, 7) is 4.30. The molecule has 3 amide bonds. The molecule has 0 bridgehead atoms. The second-order valence-corrected chi connectivity index (χ2v) is 8.34. The summed E-state index contributed by atoms with van der Waals surface area (Å²) in [5.74, 6) is 0.848. The van der Waals surface area contributed by atoms with Crippen LogP contribution < -0.4 is 15.4 Å². The number of ether oxygens (including phenoxy) is 1. The molecule has 3 aromatic rings. The van der Waals surface area contributed by atoms with Crippen molar-refractivity contribution in [1.29, 1.82) is 0 Å². The highest BCUT2D eigenvalue weighted by atomic mass is 16.5. The van der Waals surface area contributed by atoms with Gasteiger partial charge in [0.25, 0.3) is 5.91 Å². The molecule has 0 radical (unpaired) electrons. The highest BCUT2D eigenvalue weighted by Gasteiger charge is 2.25. The number of nitrogens with one attached hydrogen (secondary N) is 2. The molecular formula is C27H30N4O3. The predicted molar refractivity (Wildman–Crippen MR) is 132 cm³/mol. The van der Waals surface area contributed by atoms with Crippen LogP contribution in [-0.4, -0.2) is 41.5 Å². The zero-order chi connectivity index (χ0) is 23.8. The fourth-order valence-corrected chi connectivity index (χ4v) is 4.16. The monoisotopic (exact) mass is 458 g/mol. The van der Waals surface area contributed by atoms with E-state index in [1.54, 1.807) is 12.4 Å². The maximum atomic E-state index is 12.9. The summed E-state index contributed by atoms with van der Waals surface area (Å²) in [6, 6.07) is 18.8. The number of likely N-dealkylation sites (tertiary alicyclic amines) is 1. The van der Waals surface area contributed by atoms with Crippen LogP contribution in [0.3, 0.4) is 0 Å². The van der Waals surface area contributed by atoms with Gasteiger partial charge in [-0.2, -0.15) is 0 Å². The van der Waals surface area contributed by atoms with Gasteiger partial charge >= 0.3 is 6.03 Å². The molecule has 1 fully saturated rings. The lowest BCUT2D eigenvalue weighted by Crippen LogP contribution is -2.41. The molecule has 7 nitrogen and oxygen atoms in total. The number of amides is 3. The number of carbonyl (C=O) groups excluding carboxylic acids is 2. The number of hydrogen-bond donors (Lipinski definition) is 2. The molecule has 1 aromatic heterocycles. The molecule has 2 aromatic carbocycles. The average molecular weight is 459 g/mol. The summed E-state index contributed by atoms with van der Waals surface area (Å²) in [5.41, 5.74) is 3.39. The zero-order valence-electron chi connectivity index (χ0n) is 19.4. The van der Waals surface area contributed by atoms with Crippen LogP contribution in [0.25, 0.3) is 0 Å². The van der Waals surface area contributed by atoms with E-state index < -0.39 is 0 Å². The summed E-state index contributed by atoms with van der Waals surface area (Å²) in [4.78, 5) is 31.5. The van der Waals surface area contributed by atoms with Crippen molar-refractivity contribution in [2.24, 2.45) is 0 Å². The molecule has 0 aliphatic carbocycles. The number of carbonyl (C=O) groups is 2. The molecule has 1 unspecified atom stereocenters. The number of anilines is 1. The van der Waals surface area contributed by atoms with Crippen LogP contribution in [0.2, 0.25) is 0 Å². The molecule has 176 valence electrons. The minimum atomic E-state index is -0.119. The first-order valence-corrected chi connectivity index (χ1v) is 11.7. The number of piperidine rings is 1. The van der Waals surface area contributed by atoms with Gasteiger partial charge in [-0.3, -0.25) is 9.78 Å². The molecule has 4 rings (SSSR count). The minimum Gasteiger partial charge on any atom is -0.494 e. The summed E-state index contributed by atoms with van der Waals surface area (Å²) >= 11 is 0. The standard InChI is InChI=1S/C27H30N4O3/c1-2-34-25-12-10-24(11-13-25)30-27(33)31-15-5-9-23(19-31)21-7-3-8-22(16-21)26(32)29-18-20-6-4-14-28-17-20/h3-4,6-8,10-14,16-17,23H,2,5,9,15,18-19H2,1H3,(H,29,32)(H,30,33). The van der Waals surface area contributed by atoms with E-state index in [1.807, 2.05) is 72.5 Å². The quantitative estimate of drug-likeness (QED) is 0.532. The topological polar surface area (TPSA) is 83.6 Å². The summed E-state index contributed by atoms with van der Waals surface area (Å²) < 4.78 is 5.45. The van der Waals surface area contributed by atoms with E-state index in [-0.39, 0.29) is 17.9 Å². The molecular weight excluding hydrogens is 428 g/mol. The third-order valence-corrected chi connectivity index (χ3v) is 5.92. The van der Waals surface area contributed by atoms with Gasteiger partial charge in [-0.25, -0.2) is 4.79 Å². The molecule has 34 heavy (non-hydrogen) atoms. The second kappa shape index (κ2) is 11.3. The molecule has 0 spiro atoms. The van der Waals surface area contributed by atoms with Gasteiger partial charge in [0.05, 0.1) is 6.61 Å². The Morgan fingerprint density at radius 2 is 1.97 bits per heavy atom. The fraction of sp³-hybridized carbons (Fsp3) is 0.296. The van der Waals surface area contributed by atoms with Gasteiger partial charge < -0.3 is 20.3 Å². The van der Waals surface area contributed by atoms with E-state index in [4.69, 9.17) is 4.74 Å². The molecule has 2 N–H and O–H groups in total. The van der Waals surface area contributed by atoms with Crippen molar-refractivity contribution < 1.29 is 14.3 Å². The van der Waals surface area contributed by atoms with E-state index >= 15 is 0 Å². The largest absolute Gasteiger partial charge is 0.494 e. The maximum Gasteiger partial charge on any atom is 0.321 e. The Morgan fingerprint density at radius 3 is 2.74 bits per heavy atom. The molecule has 2 heterocycles. The van der Waals surface area contributed by atoms with E-state index in [1.165, 1.54) is 0 Å². The Balaban J connectivity index is 1.35. The summed E-state index contributed by atoms with van der Waals surface area (Å²) in [6.07, 6.45) is 5.35. The van der Waals surface area contributed by atoms with Gasteiger partial charge in [0, 0.05) is 49.2 Å². The number of hydrogen-bond acceptors (Lipinski definition) is 4. The number of aromatic nitrogens is 1. The van der Waals surface area contributed by atoms with Gasteiger partial charge in [-0.15, -0.1) is 0 Å². The third-order valence-electron chi connectivity index (χ3n) is 5.92. The number of rotatable bonds is 7. The maximum absolute atomic E-state index is 12.9. The Kier molecular flexibility index (Phi) is 7.75. The highest BCUT2D eigenvalue weighted by molar-refractivity contribution is 5.94. The first kappa shape index (κ1) is 23.3. The first-order valence-electron chi connectivity index (χ1n) is 11.7. The number of nitrogens with zero attached hydrogens (tertiary/aromatic N) is 2. The first-order chi connectivity index (χ1) is 16.6. The lowest BCUT2D eigenvalue weighted by Gasteiger charge is -2.33. The molecule has 1 saturated heterocycles. The number of urea groups is 1. The van der Waals surface area contributed by atoms with Gasteiger partial charge in [0.15, 0.2) is 0 Å². The van der Waals surface area contributed by atoms with Crippen LogP contribution in [0, 0.1) is 0 Å². The van der Waals surface area contributed by atoms with E-state index in [0.717, 1.165) is 35.4 Å². The highest BCUT2D eigenvalue weighted by Crippen LogP contribution is 2.28. The minimum absolute atomic E-state index is 0.112. The summed E-state index contributed by atoms with van der Waals surface area (Å²) in [5, 5.41) is 5.93. The molecule has 1 aliphatic rings. The van der Waals surface area contributed by atoms with Crippen molar-refractivity contribution in [3.8, 4) is 5.75 Å². The number of pyridine rings is 1. The van der Waals surface area contributed by atoms with Crippen LogP contribution in [-0.2, 0) is 6.54 Å². The van der Waals surface area contributed by atoms with E-state index in [2.05, 4.69) is 15.6 Å². The number of benzene rings is 2. The van der Waals surface area contributed by atoms with Crippen molar-refractivity contribution in [2.45, 2.75) is 32.2 Å². The summed E-state index contributed by atoms with van der Waals surface area (Å²) in [7, 11) is 0. The van der Waals surface area contributed by atoms with Crippen LogP contribution in [0.5, 0.6) is 5.75 Å². The molecule has 1 atom stereocenters. The lowest BCUT2D eigenvalue weighted by molar-refractivity contribution is 0.0950. The Hall–Kier alpha value is -3.87. The van der Waals surface area contributed by atoms with E-state index in [0.29, 0.717) is 31.8 Å². The molecule has 7 heteroatoms. The van der Waals surface area contributed by atoms with Crippen LogP contribution >= 0.6 is 0 Å². The normalized spacial score (nSPS) is 15.4. The van der Waals surface area contributed by atoms with Crippen molar-refractivity contribution in [2.75, 3.05) is 25.0 Å². The smallest absolute Gasteiger partial charge is 0.321 e. The predicted octanol–water partition coefficient (Wildman–Crippen LogP) is 4.82. The van der Waals surface area contributed by atoms with Crippen molar-refractivity contribution >= 4 is 17.6 Å². The van der Waals surface area contributed by atoms with E-state index in [9.17, 15) is 9.59 Å². The van der Waals surface area contributed by atoms with Gasteiger partial charge in [-0.1, -0.05) is 18.2 Å². The Bertz CT molecular complexity index is 1100. The lowest BCUT2D eigenvalue weighted by atomic mass is 9.89. The van der Waals surface area contributed by atoms with Crippen LogP contribution in [0.1, 0.15) is 47.2 Å². The average Bonchev–Trinajstić information content (AvgIpc) is 2.89. The Labute approximate surface area is 200 Å².